The molecule has 1 aromatic rings. The lowest BCUT2D eigenvalue weighted by atomic mass is 10.0. The molecule has 0 saturated carbocycles. The molecule has 0 bridgehead atoms. The first-order valence-corrected chi connectivity index (χ1v) is 7.17. The summed E-state index contributed by atoms with van der Waals surface area (Å²) >= 11 is 0. The summed E-state index contributed by atoms with van der Waals surface area (Å²) in [5, 5.41) is 12.5. The third-order valence-electron chi connectivity index (χ3n) is 3.48. The van der Waals surface area contributed by atoms with Gasteiger partial charge in [0, 0.05) is 18.7 Å². The summed E-state index contributed by atoms with van der Waals surface area (Å²) in [5.74, 6) is 0. The van der Waals surface area contributed by atoms with Crippen LogP contribution in [0.2, 0.25) is 0 Å². The highest BCUT2D eigenvalue weighted by molar-refractivity contribution is 5.25. The monoisotopic (exact) mass is 249 g/mol. The van der Waals surface area contributed by atoms with Crippen molar-refractivity contribution in [1.29, 1.82) is 0 Å². The molecule has 18 heavy (non-hydrogen) atoms. The van der Waals surface area contributed by atoms with Crippen molar-refractivity contribution in [2.45, 2.75) is 58.5 Å². The van der Waals surface area contributed by atoms with Gasteiger partial charge in [0.25, 0.3) is 0 Å². The lowest BCUT2D eigenvalue weighted by Crippen LogP contribution is -2.30. The van der Waals surface area contributed by atoms with Gasteiger partial charge in [0.1, 0.15) is 0 Å². The van der Waals surface area contributed by atoms with E-state index < -0.39 is 0 Å². The lowest BCUT2D eigenvalue weighted by molar-refractivity contribution is 0.273. The molecular weight excluding hydrogens is 222 g/mol. The van der Waals surface area contributed by atoms with Crippen molar-refractivity contribution in [1.82, 2.24) is 5.32 Å². The maximum absolute atomic E-state index is 8.85. The minimum Gasteiger partial charge on any atom is -0.396 e. The van der Waals surface area contributed by atoms with Crippen molar-refractivity contribution in [3.05, 3.63) is 35.4 Å². The fraction of sp³-hybridized carbons (Fsp3) is 0.625. The Bertz CT molecular complexity index is 320. The zero-order chi connectivity index (χ0) is 13.4. The van der Waals surface area contributed by atoms with E-state index in [0.717, 1.165) is 25.7 Å². The SMILES string of the molecule is CCc1ccc(C(CC)NC(C)CCCO)cc1. The molecule has 2 unspecified atom stereocenters. The molecular formula is C16H27NO. The molecule has 102 valence electrons. The molecule has 0 amide bonds. The molecule has 0 aliphatic rings. The lowest BCUT2D eigenvalue weighted by Gasteiger charge is -2.23. The summed E-state index contributed by atoms with van der Waals surface area (Å²) in [5.41, 5.74) is 2.76. The molecule has 0 fully saturated rings. The Morgan fingerprint density at radius 1 is 1.17 bits per heavy atom. The second kappa shape index (κ2) is 8.28. The zero-order valence-corrected chi connectivity index (χ0v) is 11.9. The number of aliphatic hydroxyl groups excluding tert-OH is 1. The highest BCUT2D eigenvalue weighted by Gasteiger charge is 2.12. The van der Waals surface area contributed by atoms with Crippen LogP contribution in [0.25, 0.3) is 0 Å². The Hall–Kier alpha value is -0.860. The molecule has 0 aromatic heterocycles. The third-order valence-corrected chi connectivity index (χ3v) is 3.48. The van der Waals surface area contributed by atoms with Crippen molar-refractivity contribution in [2.75, 3.05) is 6.61 Å². The van der Waals surface area contributed by atoms with Gasteiger partial charge in [-0.3, -0.25) is 0 Å². The molecule has 0 radical (unpaired) electrons. The molecule has 0 spiro atoms. The summed E-state index contributed by atoms with van der Waals surface area (Å²) < 4.78 is 0. The van der Waals surface area contributed by atoms with Crippen LogP contribution in [0.4, 0.5) is 0 Å². The van der Waals surface area contributed by atoms with Crippen molar-refractivity contribution < 1.29 is 5.11 Å². The first-order chi connectivity index (χ1) is 8.71. The van der Waals surface area contributed by atoms with Crippen molar-refractivity contribution in [3.63, 3.8) is 0 Å². The van der Waals surface area contributed by atoms with Gasteiger partial charge < -0.3 is 10.4 Å². The smallest absolute Gasteiger partial charge is 0.0431 e. The quantitative estimate of drug-likeness (QED) is 0.739. The molecule has 2 atom stereocenters. The second-order valence-corrected chi connectivity index (χ2v) is 4.99. The van der Waals surface area contributed by atoms with Crippen molar-refractivity contribution in [2.24, 2.45) is 0 Å². The normalized spacial score (nSPS) is 14.4. The van der Waals surface area contributed by atoms with E-state index in [9.17, 15) is 0 Å². The highest BCUT2D eigenvalue weighted by Crippen LogP contribution is 2.19. The van der Waals surface area contributed by atoms with Crippen LogP contribution < -0.4 is 5.32 Å². The van der Waals surface area contributed by atoms with E-state index in [-0.39, 0.29) is 6.61 Å². The van der Waals surface area contributed by atoms with Gasteiger partial charge in [0.15, 0.2) is 0 Å². The molecule has 0 aliphatic heterocycles. The molecule has 1 rings (SSSR count). The average molecular weight is 249 g/mol. The standard InChI is InChI=1S/C16H27NO/c1-4-14-8-10-15(11-9-14)16(5-2)17-13(3)7-6-12-18/h8-11,13,16-18H,4-7,12H2,1-3H3. The summed E-state index contributed by atoms with van der Waals surface area (Å²) in [4.78, 5) is 0. The largest absolute Gasteiger partial charge is 0.396 e. The van der Waals surface area contributed by atoms with Gasteiger partial charge in [-0.05, 0) is 43.7 Å². The molecule has 0 aliphatic carbocycles. The fourth-order valence-electron chi connectivity index (χ4n) is 2.26. The van der Waals surface area contributed by atoms with Gasteiger partial charge in [-0.25, -0.2) is 0 Å². The first kappa shape index (κ1) is 15.2. The minimum absolute atomic E-state index is 0.286. The van der Waals surface area contributed by atoms with Gasteiger partial charge >= 0.3 is 0 Å². The van der Waals surface area contributed by atoms with E-state index in [4.69, 9.17) is 5.11 Å². The number of nitrogens with one attached hydrogen (secondary N) is 1. The fourth-order valence-corrected chi connectivity index (χ4v) is 2.26. The van der Waals surface area contributed by atoms with E-state index in [1.54, 1.807) is 0 Å². The second-order valence-electron chi connectivity index (χ2n) is 4.99. The first-order valence-electron chi connectivity index (χ1n) is 7.17. The van der Waals surface area contributed by atoms with Crippen LogP contribution in [0.5, 0.6) is 0 Å². The predicted octanol–water partition coefficient (Wildman–Crippen LogP) is 3.45. The van der Waals surface area contributed by atoms with Gasteiger partial charge in [0.2, 0.25) is 0 Å². The number of benzene rings is 1. The number of hydrogen-bond donors (Lipinski definition) is 2. The molecule has 0 saturated heterocycles. The van der Waals surface area contributed by atoms with Crippen LogP contribution in [0.3, 0.4) is 0 Å². The van der Waals surface area contributed by atoms with E-state index in [2.05, 4.69) is 50.4 Å². The zero-order valence-electron chi connectivity index (χ0n) is 11.9. The maximum Gasteiger partial charge on any atom is 0.0431 e. The average Bonchev–Trinajstić information content (AvgIpc) is 2.42. The summed E-state index contributed by atoms with van der Waals surface area (Å²) in [6.07, 6.45) is 4.09. The van der Waals surface area contributed by atoms with Crippen molar-refractivity contribution in [3.8, 4) is 0 Å². The van der Waals surface area contributed by atoms with Gasteiger partial charge in [-0.15, -0.1) is 0 Å². The highest BCUT2D eigenvalue weighted by atomic mass is 16.2. The Labute approximate surface area is 111 Å². The van der Waals surface area contributed by atoms with Gasteiger partial charge in [0.05, 0.1) is 0 Å². The summed E-state index contributed by atoms with van der Waals surface area (Å²) in [6.45, 7) is 6.87. The number of aryl methyl sites for hydroxylation is 1. The number of rotatable bonds is 8. The molecule has 2 heteroatoms. The number of aliphatic hydroxyl groups is 1. The minimum atomic E-state index is 0.286. The summed E-state index contributed by atoms with van der Waals surface area (Å²) in [7, 11) is 0. The molecule has 2 N–H and O–H groups in total. The Kier molecular flexibility index (Phi) is 6.99. The molecule has 1 aromatic carbocycles. The Morgan fingerprint density at radius 2 is 1.83 bits per heavy atom. The van der Waals surface area contributed by atoms with E-state index in [0.29, 0.717) is 12.1 Å². The van der Waals surface area contributed by atoms with Crippen LogP contribution in [0.1, 0.15) is 57.2 Å². The van der Waals surface area contributed by atoms with Crippen LogP contribution in [0, 0.1) is 0 Å². The van der Waals surface area contributed by atoms with E-state index >= 15 is 0 Å². The summed E-state index contributed by atoms with van der Waals surface area (Å²) in [6, 6.07) is 9.78. The Morgan fingerprint density at radius 3 is 2.33 bits per heavy atom. The van der Waals surface area contributed by atoms with Crippen molar-refractivity contribution >= 4 is 0 Å². The Balaban J connectivity index is 2.58. The number of hydrogen-bond acceptors (Lipinski definition) is 2. The van der Waals surface area contributed by atoms with Crippen LogP contribution in [-0.2, 0) is 6.42 Å². The van der Waals surface area contributed by atoms with E-state index in [1.165, 1.54) is 11.1 Å². The van der Waals surface area contributed by atoms with Crippen LogP contribution >= 0.6 is 0 Å². The van der Waals surface area contributed by atoms with E-state index in [1.807, 2.05) is 0 Å². The van der Waals surface area contributed by atoms with Crippen LogP contribution in [-0.4, -0.2) is 17.8 Å². The maximum atomic E-state index is 8.85. The van der Waals surface area contributed by atoms with Gasteiger partial charge in [-0.1, -0.05) is 38.1 Å². The van der Waals surface area contributed by atoms with Gasteiger partial charge in [-0.2, -0.15) is 0 Å². The molecule has 0 heterocycles. The predicted molar refractivity (Wildman–Crippen MR) is 77.8 cm³/mol. The van der Waals surface area contributed by atoms with Crippen LogP contribution in [0.15, 0.2) is 24.3 Å². The molecule has 2 nitrogen and oxygen atoms in total. The topological polar surface area (TPSA) is 32.3 Å². The third kappa shape index (κ3) is 4.79.